The van der Waals surface area contributed by atoms with Crippen LogP contribution in [-0.4, -0.2) is 15.5 Å². The van der Waals surface area contributed by atoms with Crippen molar-refractivity contribution in [3.63, 3.8) is 0 Å². The molecule has 0 radical (unpaired) electrons. The Morgan fingerprint density at radius 3 is 2.65 bits per heavy atom. The molecular formula is C18H18ClN3O. The number of para-hydroxylation sites is 2. The Kier molecular flexibility index (Phi) is 4.63. The summed E-state index contributed by atoms with van der Waals surface area (Å²) in [5, 5.41) is 3.61. The Morgan fingerprint density at radius 1 is 1.17 bits per heavy atom. The van der Waals surface area contributed by atoms with Gasteiger partial charge < -0.3 is 9.88 Å². The summed E-state index contributed by atoms with van der Waals surface area (Å²) >= 11 is 5.87. The van der Waals surface area contributed by atoms with Crippen molar-refractivity contribution in [2.45, 2.75) is 26.4 Å². The predicted octanol–water partition coefficient (Wildman–Crippen LogP) is 4.03. The van der Waals surface area contributed by atoms with Crippen LogP contribution < -0.4 is 5.32 Å². The summed E-state index contributed by atoms with van der Waals surface area (Å²) in [6.07, 6.45) is 0.942. The number of carbonyl (C=O) groups is 1. The van der Waals surface area contributed by atoms with Gasteiger partial charge in [0, 0.05) is 18.1 Å². The van der Waals surface area contributed by atoms with E-state index in [0.717, 1.165) is 29.6 Å². The van der Waals surface area contributed by atoms with E-state index in [9.17, 15) is 4.79 Å². The topological polar surface area (TPSA) is 46.9 Å². The van der Waals surface area contributed by atoms with Crippen LogP contribution in [0.25, 0.3) is 11.0 Å². The number of hydrogen-bond donors (Lipinski definition) is 1. The molecule has 0 fully saturated rings. The van der Waals surface area contributed by atoms with Gasteiger partial charge in [-0.1, -0.05) is 42.8 Å². The van der Waals surface area contributed by atoms with Gasteiger partial charge in [-0.15, -0.1) is 0 Å². The SMILES string of the molecule is CCCn1c(C(=O)NCc2ccc(Cl)cc2)nc2ccccc21. The molecule has 0 atom stereocenters. The maximum atomic E-state index is 12.5. The number of aromatic nitrogens is 2. The summed E-state index contributed by atoms with van der Waals surface area (Å²) in [4.78, 5) is 17.0. The van der Waals surface area contributed by atoms with Gasteiger partial charge in [-0.05, 0) is 36.2 Å². The van der Waals surface area contributed by atoms with Gasteiger partial charge in [0.1, 0.15) is 0 Å². The zero-order valence-corrected chi connectivity index (χ0v) is 13.7. The predicted molar refractivity (Wildman–Crippen MR) is 92.6 cm³/mol. The lowest BCUT2D eigenvalue weighted by Crippen LogP contribution is -2.26. The highest BCUT2D eigenvalue weighted by molar-refractivity contribution is 6.30. The zero-order valence-electron chi connectivity index (χ0n) is 12.9. The summed E-state index contributed by atoms with van der Waals surface area (Å²) in [6, 6.07) is 15.2. The second-order valence-corrected chi connectivity index (χ2v) is 5.82. The number of carbonyl (C=O) groups excluding carboxylic acids is 1. The monoisotopic (exact) mass is 327 g/mol. The zero-order chi connectivity index (χ0) is 16.2. The average Bonchev–Trinajstić information content (AvgIpc) is 2.93. The van der Waals surface area contributed by atoms with E-state index >= 15 is 0 Å². The van der Waals surface area contributed by atoms with Crippen molar-refractivity contribution in [1.29, 1.82) is 0 Å². The number of benzene rings is 2. The Balaban J connectivity index is 1.82. The molecule has 23 heavy (non-hydrogen) atoms. The van der Waals surface area contributed by atoms with Gasteiger partial charge in [-0.2, -0.15) is 0 Å². The van der Waals surface area contributed by atoms with E-state index < -0.39 is 0 Å². The van der Waals surface area contributed by atoms with Crippen molar-refractivity contribution < 1.29 is 4.79 Å². The van der Waals surface area contributed by atoms with E-state index in [-0.39, 0.29) is 5.91 Å². The van der Waals surface area contributed by atoms with Gasteiger partial charge in [-0.25, -0.2) is 4.98 Å². The average molecular weight is 328 g/mol. The van der Waals surface area contributed by atoms with Gasteiger partial charge in [0.25, 0.3) is 5.91 Å². The summed E-state index contributed by atoms with van der Waals surface area (Å²) in [6.45, 7) is 3.31. The molecule has 1 aromatic heterocycles. The molecule has 1 heterocycles. The number of rotatable bonds is 5. The summed E-state index contributed by atoms with van der Waals surface area (Å²) < 4.78 is 1.98. The first kappa shape index (κ1) is 15.6. The minimum Gasteiger partial charge on any atom is -0.345 e. The third kappa shape index (κ3) is 3.37. The van der Waals surface area contributed by atoms with E-state index in [1.54, 1.807) is 0 Å². The van der Waals surface area contributed by atoms with Crippen LogP contribution in [0.15, 0.2) is 48.5 Å². The molecule has 0 aliphatic heterocycles. The van der Waals surface area contributed by atoms with Crippen molar-refractivity contribution >= 4 is 28.5 Å². The molecule has 3 rings (SSSR count). The van der Waals surface area contributed by atoms with Gasteiger partial charge >= 0.3 is 0 Å². The maximum Gasteiger partial charge on any atom is 0.287 e. The second kappa shape index (κ2) is 6.84. The van der Waals surface area contributed by atoms with Crippen molar-refractivity contribution in [2.24, 2.45) is 0 Å². The number of nitrogens with zero attached hydrogens (tertiary/aromatic N) is 2. The van der Waals surface area contributed by atoms with Crippen LogP contribution in [0, 0.1) is 0 Å². The normalized spacial score (nSPS) is 10.9. The molecule has 0 spiro atoms. The highest BCUT2D eigenvalue weighted by Gasteiger charge is 2.16. The van der Waals surface area contributed by atoms with Crippen LogP contribution in [0.3, 0.4) is 0 Å². The third-order valence-electron chi connectivity index (χ3n) is 3.67. The molecule has 0 aliphatic rings. The molecule has 118 valence electrons. The minimum absolute atomic E-state index is 0.162. The van der Waals surface area contributed by atoms with Gasteiger partial charge in [-0.3, -0.25) is 4.79 Å². The van der Waals surface area contributed by atoms with Crippen molar-refractivity contribution in [2.75, 3.05) is 0 Å². The summed E-state index contributed by atoms with van der Waals surface area (Å²) in [5.41, 5.74) is 2.84. The first-order valence-corrected chi connectivity index (χ1v) is 8.04. The molecule has 5 heteroatoms. The fourth-order valence-corrected chi connectivity index (χ4v) is 2.69. The van der Waals surface area contributed by atoms with Crippen LogP contribution in [0.2, 0.25) is 5.02 Å². The number of aryl methyl sites for hydroxylation is 1. The first-order chi connectivity index (χ1) is 11.2. The molecule has 0 unspecified atom stereocenters. The molecule has 1 N–H and O–H groups in total. The Bertz CT molecular complexity index is 824. The fraction of sp³-hybridized carbons (Fsp3) is 0.222. The van der Waals surface area contributed by atoms with E-state index in [1.807, 2.05) is 53.1 Å². The lowest BCUT2D eigenvalue weighted by Gasteiger charge is -2.08. The van der Waals surface area contributed by atoms with Crippen LogP contribution in [0.5, 0.6) is 0 Å². The summed E-state index contributed by atoms with van der Waals surface area (Å²) in [7, 11) is 0. The van der Waals surface area contributed by atoms with Crippen molar-refractivity contribution in [3.8, 4) is 0 Å². The number of hydrogen-bond acceptors (Lipinski definition) is 2. The van der Waals surface area contributed by atoms with Crippen molar-refractivity contribution in [1.82, 2.24) is 14.9 Å². The van der Waals surface area contributed by atoms with Crippen LogP contribution >= 0.6 is 11.6 Å². The van der Waals surface area contributed by atoms with E-state index in [1.165, 1.54) is 0 Å². The fourth-order valence-electron chi connectivity index (χ4n) is 2.56. The lowest BCUT2D eigenvalue weighted by atomic mass is 10.2. The molecule has 0 bridgehead atoms. The Morgan fingerprint density at radius 2 is 1.91 bits per heavy atom. The smallest absolute Gasteiger partial charge is 0.287 e. The van der Waals surface area contributed by atoms with Gasteiger partial charge in [0.2, 0.25) is 0 Å². The van der Waals surface area contributed by atoms with E-state index in [2.05, 4.69) is 17.2 Å². The van der Waals surface area contributed by atoms with E-state index in [4.69, 9.17) is 11.6 Å². The standard InChI is InChI=1S/C18H18ClN3O/c1-2-11-22-16-6-4-3-5-15(16)21-17(22)18(23)20-12-13-7-9-14(19)10-8-13/h3-10H,2,11-12H2,1H3,(H,20,23). The number of halogens is 1. The Hall–Kier alpha value is -2.33. The quantitative estimate of drug-likeness (QED) is 0.769. The van der Waals surface area contributed by atoms with Crippen LogP contribution in [0.1, 0.15) is 29.5 Å². The van der Waals surface area contributed by atoms with Crippen LogP contribution in [0.4, 0.5) is 0 Å². The number of fused-ring (bicyclic) bond motifs is 1. The first-order valence-electron chi connectivity index (χ1n) is 7.67. The molecule has 2 aromatic carbocycles. The molecule has 3 aromatic rings. The maximum absolute atomic E-state index is 12.5. The number of imidazole rings is 1. The largest absolute Gasteiger partial charge is 0.345 e. The minimum atomic E-state index is -0.162. The highest BCUT2D eigenvalue weighted by atomic mass is 35.5. The highest BCUT2D eigenvalue weighted by Crippen LogP contribution is 2.17. The van der Waals surface area contributed by atoms with Crippen molar-refractivity contribution in [3.05, 3.63) is 64.9 Å². The van der Waals surface area contributed by atoms with Gasteiger partial charge in [0.15, 0.2) is 5.82 Å². The molecule has 4 nitrogen and oxygen atoms in total. The molecule has 0 saturated heterocycles. The second-order valence-electron chi connectivity index (χ2n) is 5.38. The number of nitrogens with one attached hydrogen (secondary N) is 1. The van der Waals surface area contributed by atoms with Crippen LogP contribution in [-0.2, 0) is 13.1 Å². The molecular weight excluding hydrogens is 310 g/mol. The molecule has 0 aliphatic carbocycles. The lowest BCUT2D eigenvalue weighted by molar-refractivity contribution is 0.0936. The van der Waals surface area contributed by atoms with E-state index in [0.29, 0.717) is 17.4 Å². The molecule has 0 saturated carbocycles. The third-order valence-corrected chi connectivity index (χ3v) is 3.92. The van der Waals surface area contributed by atoms with Gasteiger partial charge in [0.05, 0.1) is 11.0 Å². The number of amides is 1. The molecule has 1 amide bonds. The summed E-state index contributed by atoms with van der Waals surface area (Å²) in [5.74, 6) is 0.298. The Labute approximate surface area is 140 Å².